The molecule has 0 spiro atoms. The maximum Gasteiger partial charge on any atom is 0.161 e. The Morgan fingerprint density at radius 3 is 2.38 bits per heavy atom. The first-order valence-corrected chi connectivity index (χ1v) is 4.46. The van der Waals surface area contributed by atoms with Crippen LogP contribution in [0.1, 0.15) is 25.0 Å². The van der Waals surface area contributed by atoms with Gasteiger partial charge in [-0.15, -0.1) is 0 Å². The molecule has 0 bridgehead atoms. The Labute approximate surface area is 77.6 Å². The molecule has 72 valence electrons. The molecule has 2 heteroatoms. The summed E-state index contributed by atoms with van der Waals surface area (Å²) in [6, 6.07) is 2.85. The van der Waals surface area contributed by atoms with Crippen molar-refractivity contribution in [1.29, 1.82) is 0 Å². The molecule has 0 saturated heterocycles. The molecule has 1 rings (SSSR count). The average Bonchev–Trinajstić information content (AvgIpc) is 2.06. The topological polar surface area (TPSA) is 0 Å². The Morgan fingerprint density at radius 1 is 1.23 bits per heavy atom. The van der Waals surface area contributed by atoms with Crippen molar-refractivity contribution in [2.24, 2.45) is 5.92 Å². The van der Waals surface area contributed by atoms with Crippen molar-refractivity contribution in [2.45, 2.75) is 27.2 Å². The molecular formula is C11H14F2. The Morgan fingerprint density at radius 2 is 1.85 bits per heavy atom. The van der Waals surface area contributed by atoms with E-state index >= 15 is 0 Å². The zero-order valence-corrected chi connectivity index (χ0v) is 8.20. The summed E-state index contributed by atoms with van der Waals surface area (Å²) in [4.78, 5) is 0. The van der Waals surface area contributed by atoms with E-state index < -0.39 is 11.6 Å². The average molecular weight is 184 g/mol. The highest BCUT2D eigenvalue weighted by molar-refractivity contribution is 5.28. The third kappa shape index (κ3) is 2.27. The Hall–Kier alpha value is -0.920. The third-order valence-corrected chi connectivity index (χ3v) is 2.08. The van der Waals surface area contributed by atoms with Crippen LogP contribution in [0.5, 0.6) is 0 Å². The molecule has 0 aliphatic rings. The zero-order chi connectivity index (χ0) is 10.0. The van der Waals surface area contributed by atoms with Crippen LogP contribution in [0.3, 0.4) is 0 Å². The Bertz CT molecular complexity index is 303. The summed E-state index contributed by atoms with van der Waals surface area (Å²) in [6.07, 6.45) is 0.795. The predicted molar refractivity (Wildman–Crippen MR) is 49.6 cm³/mol. The van der Waals surface area contributed by atoms with Crippen molar-refractivity contribution < 1.29 is 8.78 Å². The minimum atomic E-state index is -0.759. The van der Waals surface area contributed by atoms with Gasteiger partial charge in [-0.3, -0.25) is 0 Å². The molecule has 0 heterocycles. The van der Waals surface area contributed by atoms with E-state index in [4.69, 9.17) is 0 Å². The zero-order valence-electron chi connectivity index (χ0n) is 8.20. The van der Waals surface area contributed by atoms with Crippen LogP contribution in [0, 0.1) is 24.5 Å². The van der Waals surface area contributed by atoms with Crippen molar-refractivity contribution >= 4 is 0 Å². The fourth-order valence-corrected chi connectivity index (χ4v) is 1.35. The van der Waals surface area contributed by atoms with Crippen molar-refractivity contribution in [2.75, 3.05) is 0 Å². The lowest BCUT2D eigenvalue weighted by Crippen LogP contribution is -2.00. The quantitative estimate of drug-likeness (QED) is 0.660. The maximum atomic E-state index is 13.1. The van der Waals surface area contributed by atoms with Gasteiger partial charge < -0.3 is 0 Å². The minimum Gasteiger partial charge on any atom is -0.204 e. The van der Waals surface area contributed by atoms with Crippen LogP contribution in [-0.2, 0) is 6.42 Å². The number of rotatable bonds is 2. The molecule has 0 unspecified atom stereocenters. The van der Waals surface area contributed by atoms with Crippen LogP contribution in [0.4, 0.5) is 8.78 Å². The molecule has 0 N–H and O–H groups in total. The second kappa shape index (κ2) is 3.86. The number of benzene rings is 1. The van der Waals surface area contributed by atoms with Crippen molar-refractivity contribution in [3.05, 3.63) is 34.9 Å². The van der Waals surface area contributed by atoms with E-state index in [1.807, 2.05) is 0 Å². The van der Waals surface area contributed by atoms with Crippen LogP contribution in [0.15, 0.2) is 12.1 Å². The van der Waals surface area contributed by atoms with E-state index in [0.29, 0.717) is 11.5 Å². The summed E-state index contributed by atoms with van der Waals surface area (Å²) in [5.41, 5.74) is 1.34. The number of halogens is 2. The normalized spacial score (nSPS) is 10.9. The SMILES string of the molecule is Cc1c(CC(C)C)ccc(F)c1F. The summed E-state index contributed by atoms with van der Waals surface area (Å²) in [7, 11) is 0. The third-order valence-electron chi connectivity index (χ3n) is 2.08. The molecular weight excluding hydrogens is 170 g/mol. The van der Waals surface area contributed by atoms with Crippen molar-refractivity contribution in [1.82, 2.24) is 0 Å². The van der Waals surface area contributed by atoms with Gasteiger partial charge in [-0.1, -0.05) is 19.9 Å². The van der Waals surface area contributed by atoms with E-state index in [1.165, 1.54) is 6.07 Å². The van der Waals surface area contributed by atoms with E-state index in [0.717, 1.165) is 12.0 Å². The van der Waals surface area contributed by atoms with Gasteiger partial charge in [0.1, 0.15) is 0 Å². The molecule has 0 amide bonds. The van der Waals surface area contributed by atoms with Crippen LogP contribution in [-0.4, -0.2) is 0 Å². The molecule has 0 aliphatic carbocycles. The Balaban J connectivity index is 3.04. The number of hydrogen-bond acceptors (Lipinski definition) is 0. The van der Waals surface area contributed by atoms with Gasteiger partial charge in [0.15, 0.2) is 11.6 Å². The number of hydrogen-bond donors (Lipinski definition) is 0. The molecule has 0 aromatic heterocycles. The second-order valence-electron chi connectivity index (χ2n) is 3.74. The minimum absolute atomic E-state index is 0.439. The molecule has 0 nitrogen and oxygen atoms in total. The monoisotopic (exact) mass is 184 g/mol. The van der Waals surface area contributed by atoms with Gasteiger partial charge in [0.25, 0.3) is 0 Å². The first kappa shape index (κ1) is 10.2. The van der Waals surface area contributed by atoms with Gasteiger partial charge in [-0.25, -0.2) is 8.78 Å². The van der Waals surface area contributed by atoms with Crippen molar-refractivity contribution in [3.63, 3.8) is 0 Å². The molecule has 0 saturated carbocycles. The molecule has 1 aromatic carbocycles. The van der Waals surface area contributed by atoms with E-state index in [-0.39, 0.29) is 0 Å². The molecule has 1 aromatic rings. The fraction of sp³-hybridized carbons (Fsp3) is 0.455. The van der Waals surface area contributed by atoms with Crippen LogP contribution < -0.4 is 0 Å². The molecule has 0 fully saturated rings. The molecule has 13 heavy (non-hydrogen) atoms. The first-order chi connectivity index (χ1) is 6.02. The van der Waals surface area contributed by atoms with E-state index in [2.05, 4.69) is 13.8 Å². The predicted octanol–water partition coefficient (Wildman–Crippen LogP) is 3.47. The maximum absolute atomic E-state index is 13.1. The second-order valence-corrected chi connectivity index (χ2v) is 3.74. The highest BCUT2D eigenvalue weighted by atomic mass is 19.2. The summed E-state index contributed by atoms with van der Waals surface area (Å²) in [6.45, 7) is 5.73. The van der Waals surface area contributed by atoms with Gasteiger partial charge in [0.2, 0.25) is 0 Å². The van der Waals surface area contributed by atoms with Gasteiger partial charge in [-0.2, -0.15) is 0 Å². The summed E-state index contributed by atoms with van der Waals surface area (Å²) in [5, 5.41) is 0. The fourth-order valence-electron chi connectivity index (χ4n) is 1.35. The lowest BCUT2D eigenvalue weighted by molar-refractivity contribution is 0.499. The summed E-state index contributed by atoms with van der Waals surface area (Å²) < 4.78 is 25.8. The lowest BCUT2D eigenvalue weighted by Gasteiger charge is -2.09. The van der Waals surface area contributed by atoms with E-state index in [1.54, 1.807) is 13.0 Å². The standard InChI is InChI=1S/C11H14F2/c1-7(2)6-9-4-5-10(12)11(13)8(9)3/h4-5,7H,6H2,1-3H3. The van der Waals surface area contributed by atoms with Gasteiger partial charge in [0.05, 0.1) is 0 Å². The smallest absolute Gasteiger partial charge is 0.161 e. The largest absolute Gasteiger partial charge is 0.204 e. The highest BCUT2D eigenvalue weighted by Crippen LogP contribution is 2.18. The van der Waals surface area contributed by atoms with Crippen LogP contribution in [0.2, 0.25) is 0 Å². The summed E-state index contributed by atoms with van der Waals surface area (Å²) >= 11 is 0. The van der Waals surface area contributed by atoms with Crippen LogP contribution in [0.25, 0.3) is 0 Å². The first-order valence-electron chi connectivity index (χ1n) is 4.46. The lowest BCUT2D eigenvalue weighted by atomic mass is 9.98. The molecule has 0 radical (unpaired) electrons. The molecule has 0 aliphatic heterocycles. The summed E-state index contributed by atoms with van der Waals surface area (Å²) in [5.74, 6) is -1.01. The highest BCUT2D eigenvalue weighted by Gasteiger charge is 2.09. The molecule has 0 atom stereocenters. The van der Waals surface area contributed by atoms with E-state index in [9.17, 15) is 8.78 Å². The Kier molecular flexibility index (Phi) is 3.02. The van der Waals surface area contributed by atoms with Gasteiger partial charge in [0, 0.05) is 0 Å². The van der Waals surface area contributed by atoms with Gasteiger partial charge in [-0.05, 0) is 36.5 Å². The van der Waals surface area contributed by atoms with Crippen molar-refractivity contribution in [3.8, 4) is 0 Å². The van der Waals surface area contributed by atoms with Crippen LogP contribution >= 0.6 is 0 Å². The van der Waals surface area contributed by atoms with Gasteiger partial charge >= 0.3 is 0 Å².